The summed E-state index contributed by atoms with van der Waals surface area (Å²) < 4.78 is 6.42. The fourth-order valence-electron chi connectivity index (χ4n) is 4.91. The van der Waals surface area contributed by atoms with Crippen molar-refractivity contribution < 1.29 is 4.74 Å². The van der Waals surface area contributed by atoms with E-state index >= 15 is 0 Å². The molecule has 1 saturated heterocycles. The third kappa shape index (κ3) is 6.77. The summed E-state index contributed by atoms with van der Waals surface area (Å²) in [7, 11) is 0. The Balaban J connectivity index is 0.00000164. The highest BCUT2D eigenvalue weighted by atomic mass is 32.2. The molecule has 7 nitrogen and oxygen atoms in total. The summed E-state index contributed by atoms with van der Waals surface area (Å²) >= 11 is 1.77. The number of benzene rings is 2. The molecule has 3 N–H and O–H groups in total. The zero-order valence-corrected chi connectivity index (χ0v) is 23.7. The van der Waals surface area contributed by atoms with E-state index in [1.165, 1.54) is 5.56 Å². The normalized spacial score (nSPS) is 15.6. The van der Waals surface area contributed by atoms with Crippen LogP contribution in [-0.4, -0.2) is 39.8 Å². The Labute approximate surface area is 230 Å². The number of nitrogens with two attached hydrogens (primary N) is 1. The number of thioether (sulfide) groups is 1. The first-order valence-corrected chi connectivity index (χ1v) is 14.5. The fraction of sp³-hybridized carbons (Fsp3) is 0.433. The third-order valence-corrected chi connectivity index (χ3v) is 8.00. The number of anilines is 2. The van der Waals surface area contributed by atoms with Crippen LogP contribution in [0, 0.1) is 25.2 Å². The van der Waals surface area contributed by atoms with Gasteiger partial charge in [0.25, 0.3) is 0 Å². The van der Waals surface area contributed by atoms with E-state index in [1.54, 1.807) is 11.8 Å². The third-order valence-electron chi connectivity index (χ3n) is 6.80. The number of likely N-dealkylation sites (tertiary alicyclic amines) is 1. The minimum Gasteiger partial charge on any atom is -0.437 e. The van der Waals surface area contributed by atoms with Gasteiger partial charge in [-0.25, -0.2) is 4.98 Å². The van der Waals surface area contributed by atoms with Gasteiger partial charge in [0.15, 0.2) is 0 Å². The van der Waals surface area contributed by atoms with Crippen molar-refractivity contribution in [3.05, 3.63) is 64.3 Å². The maximum Gasteiger partial charge on any atom is 0.238 e. The zero-order chi connectivity index (χ0) is 27.1. The lowest BCUT2D eigenvalue weighted by Gasteiger charge is -2.32. The van der Waals surface area contributed by atoms with Crippen molar-refractivity contribution in [1.82, 2.24) is 14.9 Å². The molecule has 2 aromatic carbocycles. The molecule has 200 valence electrons. The molecule has 0 saturated carbocycles. The van der Waals surface area contributed by atoms with E-state index in [-0.39, 0.29) is 0 Å². The van der Waals surface area contributed by atoms with Gasteiger partial charge in [-0.05, 0) is 86.2 Å². The maximum absolute atomic E-state index is 9.29. The molecule has 0 unspecified atom stereocenters. The van der Waals surface area contributed by atoms with Crippen LogP contribution in [0.15, 0.2) is 41.3 Å². The van der Waals surface area contributed by atoms with E-state index in [4.69, 9.17) is 20.4 Å². The molecular weight excluding hydrogens is 492 g/mol. The van der Waals surface area contributed by atoms with Gasteiger partial charge in [0.1, 0.15) is 5.75 Å². The molecule has 0 bridgehead atoms. The predicted octanol–water partition coefficient (Wildman–Crippen LogP) is 6.48. The van der Waals surface area contributed by atoms with E-state index in [9.17, 15) is 5.26 Å². The average molecular weight is 531 g/mol. The van der Waals surface area contributed by atoms with Crippen molar-refractivity contribution in [1.29, 1.82) is 5.26 Å². The number of nitrogen functional groups attached to an aromatic ring is 1. The van der Waals surface area contributed by atoms with Crippen molar-refractivity contribution in [2.75, 3.05) is 29.9 Å². The minimum absolute atomic E-state index is 0.327. The summed E-state index contributed by atoms with van der Waals surface area (Å²) in [5.41, 5.74) is 11.5. The highest BCUT2D eigenvalue weighted by Crippen LogP contribution is 2.40. The molecule has 38 heavy (non-hydrogen) atoms. The van der Waals surface area contributed by atoms with Crippen molar-refractivity contribution in [3.8, 4) is 17.7 Å². The van der Waals surface area contributed by atoms with Crippen LogP contribution in [0.5, 0.6) is 11.6 Å². The summed E-state index contributed by atoms with van der Waals surface area (Å²) in [6, 6.07) is 14.4. The van der Waals surface area contributed by atoms with Crippen molar-refractivity contribution in [2.24, 2.45) is 0 Å². The molecule has 5 rings (SSSR count). The number of hydrogen-bond acceptors (Lipinski definition) is 8. The molecule has 8 heteroatoms. The van der Waals surface area contributed by atoms with Crippen molar-refractivity contribution in [2.45, 2.75) is 70.9 Å². The first kappa shape index (κ1) is 27.7. The molecular formula is C30H38N6OS. The molecule has 0 atom stereocenters. The average Bonchev–Trinajstić information content (AvgIpc) is 2.94. The lowest BCUT2D eigenvalue weighted by molar-refractivity contribution is 0.211. The van der Waals surface area contributed by atoms with Gasteiger partial charge in [0.2, 0.25) is 11.8 Å². The number of fused-ring (bicyclic) bond motifs is 1. The number of hydrogen-bond donors (Lipinski definition) is 2. The molecule has 0 spiro atoms. The molecule has 0 amide bonds. The Kier molecular flexibility index (Phi) is 9.48. The van der Waals surface area contributed by atoms with Crippen LogP contribution in [0.2, 0.25) is 0 Å². The second kappa shape index (κ2) is 13.0. The highest BCUT2D eigenvalue weighted by molar-refractivity contribution is 7.99. The molecule has 0 aliphatic carbocycles. The van der Waals surface area contributed by atoms with Crippen LogP contribution >= 0.6 is 11.8 Å². The van der Waals surface area contributed by atoms with E-state index < -0.39 is 0 Å². The van der Waals surface area contributed by atoms with Crippen LogP contribution < -0.4 is 15.8 Å². The Morgan fingerprint density at radius 3 is 2.45 bits per heavy atom. The quantitative estimate of drug-likeness (QED) is 0.349. The smallest absolute Gasteiger partial charge is 0.238 e. The Bertz CT molecular complexity index is 1260. The standard InChI is InChI=1S/C28H32N6OS.C2H6/c1-18-14-21(16-29)15-19(2)25(18)35-27-26-24(4-3-13-36-26)32-28(33-27)31-23-9-11-34(12-10-23)17-20-5-7-22(30)8-6-20;1-2/h5-8,14-15,23H,3-4,9-13,17,30H2,1-2H3,(H,31,32,33);1-2H3. The lowest BCUT2D eigenvalue weighted by atomic mass is 10.0. The van der Waals surface area contributed by atoms with E-state index in [0.717, 1.165) is 84.2 Å². The van der Waals surface area contributed by atoms with Crippen LogP contribution in [0.25, 0.3) is 0 Å². The highest BCUT2D eigenvalue weighted by Gasteiger charge is 2.24. The molecule has 3 aromatic rings. The molecule has 2 aliphatic rings. The summed E-state index contributed by atoms with van der Waals surface area (Å²) in [5.74, 6) is 3.07. The summed E-state index contributed by atoms with van der Waals surface area (Å²) in [6.07, 6.45) is 4.11. The minimum atomic E-state index is 0.327. The number of nitrogens with one attached hydrogen (secondary N) is 1. The van der Waals surface area contributed by atoms with E-state index in [2.05, 4.69) is 28.4 Å². The summed E-state index contributed by atoms with van der Waals surface area (Å²) in [6.45, 7) is 10.9. The van der Waals surface area contributed by atoms with Gasteiger partial charge >= 0.3 is 0 Å². The fourth-order valence-corrected chi connectivity index (χ4v) is 5.93. The summed E-state index contributed by atoms with van der Waals surface area (Å²) in [4.78, 5) is 13.2. The van der Waals surface area contributed by atoms with E-state index in [0.29, 0.717) is 23.4 Å². The van der Waals surface area contributed by atoms with E-state index in [1.807, 2.05) is 52.0 Å². The van der Waals surface area contributed by atoms with Crippen LogP contribution in [0.3, 0.4) is 0 Å². The molecule has 2 aliphatic heterocycles. The SMILES string of the molecule is CC.Cc1cc(C#N)cc(C)c1Oc1nc(NC2CCN(Cc3ccc(N)cc3)CC2)nc2c1SCCC2. The Morgan fingerprint density at radius 1 is 1.11 bits per heavy atom. The second-order valence-corrected chi connectivity index (χ2v) is 10.8. The predicted molar refractivity (Wildman–Crippen MR) is 156 cm³/mol. The molecule has 0 radical (unpaired) electrons. The Hall–Kier alpha value is -3.28. The number of rotatable bonds is 6. The second-order valence-electron chi connectivity index (χ2n) is 9.67. The lowest BCUT2D eigenvalue weighted by Crippen LogP contribution is -2.39. The topological polar surface area (TPSA) is 100 Å². The van der Waals surface area contributed by atoms with Gasteiger partial charge in [0, 0.05) is 31.4 Å². The van der Waals surface area contributed by atoms with Crippen molar-refractivity contribution >= 4 is 23.4 Å². The number of nitrogens with zero attached hydrogens (tertiary/aromatic N) is 4. The van der Waals surface area contributed by atoms with Gasteiger partial charge < -0.3 is 15.8 Å². The molecule has 1 aromatic heterocycles. The number of nitriles is 1. The maximum atomic E-state index is 9.29. The number of ether oxygens (including phenoxy) is 1. The Morgan fingerprint density at radius 2 is 1.79 bits per heavy atom. The largest absolute Gasteiger partial charge is 0.437 e. The van der Waals surface area contributed by atoms with Gasteiger partial charge in [-0.15, -0.1) is 11.8 Å². The van der Waals surface area contributed by atoms with Crippen LogP contribution in [0.4, 0.5) is 11.6 Å². The van der Waals surface area contributed by atoms with Gasteiger partial charge in [-0.1, -0.05) is 26.0 Å². The van der Waals surface area contributed by atoms with Gasteiger partial charge in [0.05, 0.1) is 22.2 Å². The van der Waals surface area contributed by atoms with Crippen molar-refractivity contribution in [3.63, 3.8) is 0 Å². The summed E-state index contributed by atoms with van der Waals surface area (Å²) in [5, 5.41) is 12.9. The van der Waals surface area contributed by atoms with Gasteiger partial charge in [-0.3, -0.25) is 4.90 Å². The first-order valence-electron chi connectivity index (χ1n) is 13.5. The molecule has 1 fully saturated rings. The monoisotopic (exact) mass is 530 g/mol. The first-order chi connectivity index (χ1) is 18.5. The van der Waals surface area contributed by atoms with Crippen LogP contribution in [-0.2, 0) is 13.0 Å². The number of piperidine rings is 1. The number of aryl methyl sites for hydroxylation is 3. The zero-order valence-electron chi connectivity index (χ0n) is 22.9. The van der Waals surface area contributed by atoms with Gasteiger partial charge in [-0.2, -0.15) is 10.2 Å². The molecule has 3 heterocycles. The number of aromatic nitrogens is 2. The van der Waals surface area contributed by atoms with Crippen LogP contribution in [0.1, 0.15) is 61.1 Å².